The molecule has 2 aliphatic rings. The lowest BCUT2D eigenvalue weighted by molar-refractivity contribution is -0.142. The summed E-state index contributed by atoms with van der Waals surface area (Å²) in [5.74, 6) is -0.823. The SMILES string of the molecule is CC1(c2ccccc2)CCC2(C)CC(O)(CCC(=O)O)CCN2C1. The van der Waals surface area contributed by atoms with Gasteiger partial charge in [0.2, 0.25) is 0 Å². The van der Waals surface area contributed by atoms with E-state index in [0.717, 1.165) is 25.9 Å². The van der Waals surface area contributed by atoms with E-state index in [4.69, 9.17) is 5.11 Å². The van der Waals surface area contributed by atoms with Crippen LogP contribution in [0.5, 0.6) is 0 Å². The van der Waals surface area contributed by atoms with Crippen molar-refractivity contribution in [3.05, 3.63) is 35.9 Å². The number of benzene rings is 1. The Hall–Kier alpha value is -1.39. The summed E-state index contributed by atoms with van der Waals surface area (Å²) >= 11 is 0. The minimum atomic E-state index is -0.829. The summed E-state index contributed by atoms with van der Waals surface area (Å²) in [6.07, 6.45) is 3.89. The van der Waals surface area contributed by atoms with E-state index in [1.54, 1.807) is 0 Å². The number of rotatable bonds is 4. The van der Waals surface area contributed by atoms with Crippen molar-refractivity contribution in [1.82, 2.24) is 4.90 Å². The fourth-order valence-corrected chi connectivity index (χ4v) is 4.71. The predicted molar refractivity (Wildman–Crippen MR) is 94.1 cm³/mol. The van der Waals surface area contributed by atoms with E-state index in [9.17, 15) is 9.90 Å². The normalized spacial score (nSPS) is 37.0. The van der Waals surface area contributed by atoms with Gasteiger partial charge in [0, 0.05) is 30.5 Å². The quantitative estimate of drug-likeness (QED) is 0.889. The van der Waals surface area contributed by atoms with Gasteiger partial charge < -0.3 is 10.2 Å². The Morgan fingerprint density at radius 3 is 2.54 bits per heavy atom. The molecule has 0 radical (unpaired) electrons. The lowest BCUT2D eigenvalue weighted by Crippen LogP contribution is -2.63. The number of aliphatic carboxylic acids is 1. The number of piperidine rings is 2. The number of aliphatic hydroxyl groups is 1. The molecular formula is C20H29NO3. The first-order valence-electron chi connectivity index (χ1n) is 9.00. The highest BCUT2D eigenvalue weighted by Gasteiger charge is 2.50. The van der Waals surface area contributed by atoms with E-state index >= 15 is 0 Å². The first-order valence-corrected chi connectivity index (χ1v) is 9.00. The van der Waals surface area contributed by atoms with Crippen LogP contribution in [0.2, 0.25) is 0 Å². The summed E-state index contributed by atoms with van der Waals surface area (Å²) < 4.78 is 0. The van der Waals surface area contributed by atoms with Crippen molar-refractivity contribution in [2.24, 2.45) is 0 Å². The molecule has 1 aromatic rings. The van der Waals surface area contributed by atoms with Crippen LogP contribution in [0.1, 0.15) is 57.9 Å². The molecule has 3 rings (SSSR count). The second kappa shape index (κ2) is 6.16. The van der Waals surface area contributed by atoms with Gasteiger partial charge in [-0.1, -0.05) is 37.3 Å². The first-order chi connectivity index (χ1) is 11.2. The standard InChI is InChI=1S/C20H29NO3/c1-18(16-6-4-3-5-7-16)10-11-19(2)14-20(24,9-8-17(22)23)12-13-21(19)15-18/h3-7,24H,8-15H2,1-2H3,(H,22,23). The second-order valence-corrected chi connectivity index (χ2v) is 8.39. The molecule has 0 aliphatic carbocycles. The van der Waals surface area contributed by atoms with Crippen molar-refractivity contribution in [1.29, 1.82) is 0 Å². The Balaban J connectivity index is 1.73. The molecule has 2 fully saturated rings. The van der Waals surface area contributed by atoms with Crippen molar-refractivity contribution in [3.8, 4) is 0 Å². The van der Waals surface area contributed by atoms with Crippen LogP contribution >= 0.6 is 0 Å². The maximum absolute atomic E-state index is 10.9. The molecule has 1 aromatic carbocycles. The van der Waals surface area contributed by atoms with Gasteiger partial charge in [-0.25, -0.2) is 0 Å². The van der Waals surface area contributed by atoms with Gasteiger partial charge in [-0.3, -0.25) is 9.69 Å². The molecule has 2 saturated heterocycles. The number of hydrogen-bond donors (Lipinski definition) is 2. The molecule has 2 N–H and O–H groups in total. The zero-order chi connectivity index (χ0) is 17.4. The third-order valence-corrected chi connectivity index (χ3v) is 6.35. The molecule has 0 aromatic heterocycles. The van der Waals surface area contributed by atoms with Crippen LogP contribution in [0.25, 0.3) is 0 Å². The predicted octanol–water partition coefficient (Wildman–Crippen LogP) is 3.19. The molecule has 2 aliphatic heterocycles. The lowest BCUT2D eigenvalue weighted by atomic mass is 9.65. The molecule has 3 unspecified atom stereocenters. The average molecular weight is 331 g/mol. The van der Waals surface area contributed by atoms with Crippen molar-refractivity contribution in [2.45, 2.75) is 68.9 Å². The number of carbonyl (C=O) groups is 1. The number of carboxylic acid groups (broad SMARTS) is 1. The van der Waals surface area contributed by atoms with Crippen LogP contribution < -0.4 is 0 Å². The number of nitrogens with zero attached hydrogens (tertiary/aromatic N) is 1. The van der Waals surface area contributed by atoms with Crippen LogP contribution in [-0.4, -0.2) is 45.3 Å². The highest BCUT2D eigenvalue weighted by Crippen LogP contribution is 2.47. The van der Waals surface area contributed by atoms with Gasteiger partial charge in [0.05, 0.1) is 5.60 Å². The molecule has 24 heavy (non-hydrogen) atoms. The van der Waals surface area contributed by atoms with Crippen LogP contribution in [0, 0.1) is 0 Å². The Kier molecular flexibility index (Phi) is 4.47. The maximum Gasteiger partial charge on any atom is 0.303 e. The van der Waals surface area contributed by atoms with E-state index in [1.165, 1.54) is 5.56 Å². The van der Waals surface area contributed by atoms with Gasteiger partial charge >= 0.3 is 5.97 Å². The molecule has 0 spiro atoms. The van der Waals surface area contributed by atoms with Gasteiger partial charge in [0.1, 0.15) is 0 Å². The molecule has 0 amide bonds. The number of fused-ring (bicyclic) bond motifs is 1. The van der Waals surface area contributed by atoms with Crippen molar-refractivity contribution in [3.63, 3.8) is 0 Å². The molecule has 4 heteroatoms. The number of carboxylic acids is 1. The smallest absolute Gasteiger partial charge is 0.303 e. The third kappa shape index (κ3) is 3.35. The maximum atomic E-state index is 10.9. The fourth-order valence-electron chi connectivity index (χ4n) is 4.71. The summed E-state index contributed by atoms with van der Waals surface area (Å²) in [6, 6.07) is 10.7. The zero-order valence-electron chi connectivity index (χ0n) is 14.8. The molecule has 0 saturated carbocycles. The summed E-state index contributed by atoms with van der Waals surface area (Å²) in [5, 5.41) is 19.8. The minimum absolute atomic E-state index is 0.0280. The second-order valence-electron chi connectivity index (χ2n) is 8.39. The van der Waals surface area contributed by atoms with Crippen LogP contribution in [-0.2, 0) is 10.2 Å². The monoisotopic (exact) mass is 331 g/mol. The molecule has 132 valence electrons. The summed E-state index contributed by atoms with van der Waals surface area (Å²) in [7, 11) is 0. The molecule has 4 nitrogen and oxygen atoms in total. The lowest BCUT2D eigenvalue weighted by Gasteiger charge is -2.57. The van der Waals surface area contributed by atoms with Crippen LogP contribution in [0.15, 0.2) is 30.3 Å². The summed E-state index contributed by atoms with van der Waals surface area (Å²) in [4.78, 5) is 13.4. The minimum Gasteiger partial charge on any atom is -0.481 e. The van der Waals surface area contributed by atoms with E-state index < -0.39 is 11.6 Å². The largest absolute Gasteiger partial charge is 0.481 e. The molecular weight excluding hydrogens is 302 g/mol. The summed E-state index contributed by atoms with van der Waals surface area (Å²) in [6.45, 7) is 6.42. The average Bonchev–Trinajstić information content (AvgIpc) is 2.55. The molecule has 2 heterocycles. The highest BCUT2D eigenvalue weighted by molar-refractivity contribution is 5.66. The molecule has 3 atom stereocenters. The van der Waals surface area contributed by atoms with Gasteiger partial charge in [-0.15, -0.1) is 0 Å². The van der Waals surface area contributed by atoms with E-state index in [2.05, 4.69) is 49.1 Å². The van der Waals surface area contributed by atoms with Gasteiger partial charge in [0.25, 0.3) is 0 Å². The van der Waals surface area contributed by atoms with Crippen molar-refractivity contribution < 1.29 is 15.0 Å². The van der Waals surface area contributed by atoms with Crippen molar-refractivity contribution >= 4 is 5.97 Å². The zero-order valence-corrected chi connectivity index (χ0v) is 14.8. The third-order valence-electron chi connectivity index (χ3n) is 6.35. The van der Waals surface area contributed by atoms with E-state index in [1.807, 2.05) is 0 Å². The highest BCUT2D eigenvalue weighted by atomic mass is 16.4. The van der Waals surface area contributed by atoms with E-state index in [0.29, 0.717) is 19.3 Å². The Morgan fingerprint density at radius 1 is 1.17 bits per heavy atom. The van der Waals surface area contributed by atoms with Gasteiger partial charge in [-0.05, 0) is 44.6 Å². The van der Waals surface area contributed by atoms with E-state index in [-0.39, 0.29) is 17.4 Å². The van der Waals surface area contributed by atoms with Gasteiger partial charge in [-0.2, -0.15) is 0 Å². The van der Waals surface area contributed by atoms with Gasteiger partial charge in [0.15, 0.2) is 0 Å². The van der Waals surface area contributed by atoms with Crippen LogP contribution in [0.4, 0.5) is 0 Å². The molecule has 0 bridgehead atoms. The fraction of sp³-hybridized carbons (Fsp3) is 0.650. The van der Waals surface area contributed by atoms with Crippen molar-refractivity contribution in [2.75, 3.05) is 13.1 Å². The topological polar surface area (TPSA) is 60.8 Å². The number of hydrogen-bond acceptors (Lipinski definition) is 3. The summed E-state index contributed by atoms with van der Waals surface area (Å²) in [5.41, 5.74) is 0.681. The Labute approximate surface area is 144 Å². The Bertz CT molecular complexity index is 604. The first kappa shape index (κ1) is 17.4. The van der Waals surface area contributed by atoms with Crippen LogP contribution in [0.3, 0.4) is 0 Å². The Morgan fingerprint density at radius 2 is 1.88 bits per heavy atom.